The van der Waals surface area contributed by atoms with Gasteiger partial charge in [-0.3, -0.25) is 10.1 Å². The minimum atomic E-state index is -0.481. The summed E-state index contributed by atoms with van der Waals surface area (Å²) in [5, 5.41) is 11.7. The molecule has 4 rings (SSSR count). The predicted octanol–water partition coefficient (Wildman–Crippen LogP) is 3.04. The molecule has 0 saturated carbocycles. The Balaban J connectivity index is 1.52. The maximum Gasteiger partial charge on any atom is 0.353 e. The van der Waals surface area contributed by atoms with E-state index >= 15 is 0 Å². The lowest BCUT2D eigenvalue weighted by Gasteiger charge is -2.36. The topological polar surface area (TPSA) is 111 Å². The Morgan fingerprint density at radius 2 is 1.74 bits per heavy atom. The molecule has 2 fully saturated rings. The maximum atomic E-state index is 11.7. The van der Waals surface area contributed by atoms with Crippen LogP contribution < -0.4 is 15.5 Å². The number of aromatic nitrogens is 2. The molecular weight excluding hydrogens is 396 g/mol. The molecule has 2 saturated heterocycles. The zero-order valence-corrected chi connectivity index (χ0v) is 18.1. The summed E-state index contributed by atoms with van der Waals surface area (Å²) in [6.45, 7) is 6.59. The second-order valence-electron chi connectivity index (χ2n) is 8.62. The number of nitrogens with two attached hydrogens (primary N) is 1. The Bertz CT molecular complexity index is 907. The van der Waals surface area contributed by atoms with E-state index in [1.54, 1.807) is 0 Å². The van der Waals surface area contributed by atoms with Crippen LogP contribution in [0.3, 0.4) is 0 Å². The van der Waals surface area contributed by atoms with E-state index in [2.05, 4.69) is 39.1 Å². The summed E-state index contributed by atoms with van der Waals surface area (Å²) >= 11 is 0. The predicted molar refractivity (Wildman–Crippen MR) is 120 cm³/mol. The highest BCUT2D eigenvalue weighted by atomic mass is 16.6. The van der Waals surface area contributed by atoms with E-state index in [0.29, 0.717) is 30.8 Å². The lowest BCUT2D eigenvalue weighted by Crippen LogP contribution is -2.46. The fourth-order valence-electron chi connectivity index (χ4n) is 4.62. The third-order valence-electron chi connectivity index (χ3n) is 6.05. The molecule has 2 atom stereocenters. The standard InChI is InChI=1S/C22H30N6O3/c1-15-13-27(14-16(2)31-15)21-19(28(29)30)20(23)24-22(25-21)26-10-8-18(9-11-26)12-17-6-4-3-5-7-17/h3-7,15-16,18H,8-14H2,1-2H3,(H2,23,24,25)/t15-,16+. The van der Waals surface area contributed by atoms with Gasteiger partial charge in [0.2, 0.25) is 17.6 Å². The number of hydrogen-bond acceptors (Lipinski definition) is 8. The molecule has 2 aliphatic heterocycles. The summed E-state index contributed by atoms with van der Waals surface area (Å²) in [4.78, 5) is 24.2. The summed E-state index contributed by atoms with van der Waals surface area (Å²) in [5.41, 5.74) is 7.20. The zero-order chi connectivity index (χ0) is 22.0. The van der Waals surface area contributed by atoms with Gasteiger partial charge in [0.25, 0.3) is 0 Å². The Labute approximate surface area is 182 Å². The molecule has 0 aliphatic carbocycles. The summed E-state index contributed by atoms with van der Waals surface area (Å²) < 4.78 is 5.78. The largest absolute Gasteiger partial charge is 0.378 e. The van der Waals surface area contributed by atoms with Crippen molar-refractivity contribution in [2.45, 2.75) is 45.3 Å². The molecule has 1 aromatic heterocycles. The van der Waals surface area contributed by atoms with Crippen LogP contribution in [-0.4, -0.2) is 53.3 Å². The first kappa shape index (κ1) is 21.3. The fourth-order valence-corrected chi connectivity index (χ4v) is 4.62. The number of ether oxygens (including phenoxy) is 1. The molecular formula is C22H30N6O3. The Morgan fingerprint density at radius 3 is 2.35 bits per heavy atom. The monoisotopic (exact) mass is 426 g/mol. The average molecular weight is 427 g/mol. The summed E-state index contributed by atoms with van der Waals surface area (Å²) in [5.74, 6) is 1.29. The number of nitrogen functional groups attached to an aromatic ring is 1. The van der Waals surface area contributed by atoms with Crippen molar-refractivity contribution in [1.82, 2.24) is 9.97 Å². The van der Waals surface area contributed by atoms with Gasteiger partial charge in [-0.05, 0) is 44.6 Å². The maximum absolute atomic E-state index is 11.7. The number of nitro groups is 1. The normalized spacial score (nSPS) is 22.5. The molecule has 166 valence electrons. The van der Waals surface area contributed by atoms with Crippen molar-refractivity contribution in [3.63, 3.8) is 0 Å². The third kappa shape index (κ3) is 4.87. The van der Waals surface area contributed by atoms with E-state index in [9.17, 15) is 10.1 Å². The highest BCUT2D eigenvalue weighted by Crippen LogP contribution is 2.35. The van der Waals surface area contributed by atoms with Crippen molar-refractivity contribution in [2.24, 2.45) is 5.92 Å². The van der Waals surface area contributed by atoms with Gasteiger partial charge >= 0.3 is 5.69 Å². The molecule has 2 aliphatic rings. The lowest BCUT2D eigenvalue weighted by atomic mass is 9.90. The summed E-state index contributed by atoms with van der Waals surface area (Å²) in [6, 6.07) is 10.5. The van der Waals surface area contributed by atoms with Gasteiger partial charge in [-0.15, -0.1) is 0 Å². The summed E-state index contributed by atoms with van der Waals surface area (Å²) in [6.07, 6.45) is 3.02. The first-order valence-corrected chi connectivity index (χ1v) is 10.9. The molecule has 0 radical (unpaired) electrons. The molecule has 31 heavy (non-hydrogen) atoms. The van der Waals surface area contributed by atoms with Crippen LogP contribution in [0.2, 0.25) is 0 Å². The van der Waals surface area contributed by atoms with Crippen LogP contribution in [0.15, 0.2) is 30.3 Å². The van der Waals surface area contributed by atoms with Gasteiger partial charge in [0.05, 0.1) is 17.1 Å². The van der Waals surface area contributed by atoms with Gasteiger partial charge in [-0.1, -0.05) is 30.3 Å². The van der Waals surface area contributed by atoms with E-state index in [-0.39, 0.29) is 23.7 Å². The molecule has 0 amide bonds. The van der Waals surface area contributed by atoms with Crippen LogP contribution in [0, 0.1) is 16.0 Å². The summed E-state index contributed by atoms with van der Waals surface area (Å²) in [7, 11) is 0. The second kappa shape index (κ2) is 9.05. The molecule has 2 N–H and O–H groups in total. The van der Waals surface area contributed by atoms with Crippen molar-refractivity contribution >= 4 is 23.3 Å². The Kier molecular flexibility index (Phi) is 6.22. The van der Waals surface area contributed by atoms with Crippen molar-refractivity contribution < 1.29 is 9.66 Å². The number of anilines is 3. The van der Waals surface area contributed by atoms with Gasteiger partial charge in [-0.2, -0.15) is 9.97 Å². The molecule has 0 spiro atoms. The van der Waals surface area contributed by atoms with Crippen molar-refractivity contribution in [2.75, 3.05) is 41.7 Å². The first-order valence-electron chi connectivity index (χ1n) is 10.9. The number of nitrogens with zero attached hydrogens (tertiary/aromatic N) is 5. The van der Waals surface area contributed by atoms with Crippen LogP contribution in [0.4, 0.5) is 23.3 Å². The highest BCUT2D eigenvalue weighted by Gasteiger charge is 2.33. The zero-order valence-electron chi connectivity index (χ0n) is 18.1. The highest BCUT2D eigenvalue weighted by molar-refractivity contribution is 5.71. The smallest absolute Gasteiger partial charge is 0.353 e. The molecule has 3 heterocycles. The van der Waals surface area contributed by atoms with Crippen LogP contribution >= 0.6 is 0 Å². The minimum Gasteiger partial charge on any atom is -0.378 e. The quantitative estimate of drug-likeness (QED) is 0.574. The van der Waals surface area contributed by atoms with E-state index in [4.69, 9.17) is 10.5 Å². The van der Waals surface area contributed by atoms with Gasteiger partial charge in [0, 0.05) is 26.2 Å². The van der Waals surface area contributed by atoms with Gasteiger partial charge in [-0.25, -0.2) is 0 Å². The van der Waals surface area contributed by atoms with E-state index < -0.39 is 4.92 Å². The number of hydrogen-bond donors (Lipinski definition) is 1. The van der Waals surface area contributed by atoms with Gasteiger partial charge in [0.1, 0.15) is 0 Å². The first-order chi connectivity index (χ1) is 14.9. The van der Waals surface area contributed by atoms with Gasteiger partial charge in [0.15, 0.2) is 0 Å². The third-order valence-corrected chi connectivity index (χ3v) is 6.05. The second-order valence-corrected chi connectivity index (χ2v) is 8.62. The van der Waals surface area contributed by atoms with Crippen molar-refractivity contribution in [3.8, 4) is 0 Å². The number of benzene rings is 1. The minimum absolute atomic E-state index is 0.0447. The fraction of sp³-hybridized carbons (Fsp3) is 0.545. The molecule has 2 aromatic rings. The van der Waals surface area contributed by atoms with E-state index in [1.807, 2.05) is 24.8 Å². The van der Waals surface area contributed by atoms with Crippen molar-refractivity contribution in [1.29, 1.82) is 0 Å². The molecule has 0 unspecified atom stereocenters. The Morgan fingerprint density at radius 1 is 1.10 bits per heavy atom. The molecule has 1 aromatic carbocycles. The SMILES string of the molecule is C[C@@H]1CN(c2nc(N3CCC(Cc4ccccc4)CC3)nc(N)c2[N+](=O)[O-])C[C@H](C)O1. The van der Waals surface area contributed by atoms with Gasteiger partial charge < -0.3 is 20.3 Å². The number of rotatable bonds is 5. The average Bonchev–Trinajstić information content (AvgIpc) is 2.73. The van der Waals surface area contributed by atoms with Crippen LogP contribution in [0.5, 0.6) is 0 Å². The Hall–Kier alpha value is -2.94. The number of morpholine rings is 1. The van der Waals surface area contributed by atoms with Crippen LogP contribution in [0.25, 0.3) is 0 Å². The lowest BCUT2D eigenvalue weighted by molar-refractivity contribution is -0.383. The van der Waals surface area contributed by atoms with E-state index in [1.165, 1.54) is 5.56 Å². The van der Waals surface area contributed by atoms with E-state index in [0.717, 1.165) is 32.4 Å². The number of piperidine rings is 1. The van der Waals surface area contributed by atoms with Crippen LogP contribution in [-0.2, 0) is 11.2 Å². The molecule has 9 heteroatoms. The molecule has 0 bridgehead atoms. The van der Waals surface area contributed by atoms with Crippen LogP contribution in [0.1, 0.15) is 32.3 Å². The molecule has 9 nitrogen and oxygen atoms in total. The van der Waals surface area contributed by atoms with Crippen molar-refractivity contribution in [3.05, 3.63) is 46.0 Å².